The maximum atomic E-state index is 6.30. The highest BCUT2D eigenvalue weighted by Crippen LogP contribution is 2.34. The Kier molecular flexibility index (Phi) is 6.56. The van der Waals surface area contributed by atoms with Crippen LogP contribution in [0.4, 0.5) is 0 Å². The van der Waals surface area contributed by atoms with Gasteiger partial charge in [-0.25, -0.2) is 0 Å². The molecule has 0 saturated carbocycles. The highest BCUT2D eigenvalue weighted by Gasteiger charge is 2.21. The number of hydrogen-bond acceptors (Lipinski definition) is 4. The number of benzene rings is 2. The van der Waals surface area contributed by atoms with Crippen LogP contribution in [0.15, 0.2) is 48.5 Å². The largest absolute Gasteiger partial charge is 0.496 e. The lowest BCUT2D eigenvalue weighted by Crippen LogP contribution is -2.37. The lowest BCUT2D eigenvalue weighted by molar-refractivity contribution is 0.0316. The molecule has 3 rings (SSSR count). The molecule has 1 saturated heterocycles. The van der Waals surface area contributed by atoms with Crippen LogP contribution in [0, 0.1) is 0 Å². The molecule has 2 aromatic rings. The molecule has 1 aliphatic rings. The highest BCUT2D eigenvalue weighted by molar-refractivity contribution is 6.32. The van der Waals surface area contributed by atoms with Crippen LogP contribution < -0.4 is 9.47 Å². The van der Waals surface area contributed by atoms with E-state index in [9.17, 15) is 0 Å². The minimum absolute atomic E-state index is 0.126. The lowest BCUT2D eigenvalue weighted by atomic mass is 10.0. The smallest absolute Gasteiger partial charge is 0.138 e. The fourth-order valence-electron chi connectivity index (χ4n) is 3.03. The second-order valence-corrected chi connectivity index (χ2v) is 6.43. The lowest BCUT2D eigenvalue weighted by Gasteiger charge is -2.29. The first kappa shape index (κ1) is 18.1. The van der Waals surface area contributed by atoms with E-state index in [0.717, 1.165) is 50.6 Å². The number of hydrogen-bond donors (Lipinski definition) is 0. The third-order valence-corrected chi connectivity index (χ3v) is 4.72. The molecule has 0 radical (unpaired) electrons. The van der Waals surface area contributed by atoms with Crippen LogP contribution in [-0.4, -0.2) is 44.9 Å². The maximum Gasteiger partial charge on any atom is 0.138 e. The average molecular weight is 362 g/mol. The fraction of sp³-hybridized carbons (Fsp3) is 0.400. The van der Waals surface area contributed by atoms with E-state index >= 15 is 0 Å². The van der Waals surface area contributed by atoms with Crippen LogP contribution >= 0.6 is 11.6 Å². The molecular formula is C20H24ClNO3. The first-order valence-corrected chi connectivity index (χ1v) is 9.00. The van der Waals surface area contributed by atoms with Gasteiger partial charge in [0.25, 0.3) is 0 Å². The summed E-state index contributed by atoms with van der Waals surface area (Å²) in [4.78, 5) is 2.40. The maximum absolute atomic E-state index is 6.30. The van der Waals surface area contributed by atoms with Crippen molar-refractivity contribution in [1.29, 1.82) is 0 Å². The number of nitrogens with zero attached hydrogens (tertiary/aromatic N) is 1. The summed E-state index contributed by atoms with van der Waals surface area (Å²) < 4.78 is 17.3. The van der Waals surface area contributed by atoms with Crippen LogP contribution in [0.1, 0.15) is 18.1 Å². The van der Waals surface area contributed by atoms with Crippen molar-refractivity contribution in [2.24, 2.45) is 0 Å². The number of rotatable bonds is 7. The van der Waals surface area contributed by atoms with E-state index in [0.29, 0.717) is 10.8 Å². The van der Waals surface area contributed by atoms with Crippen LogP contribution in [0.25, 0.3) is 0 Å². The van der Waals surface area contributed by atoms with Crippen molar-refractivity contribution in [2.45, 2.75) is 12.5 Å². The SMILES string of the molecule is COc1ccccc1C(CCN1CCOCC1)Oc1ccccc1Cl. The van der Waals surface area contributed by atoms with Gasteiger partial charge in [0, 0.05) is 31.6 Å². The molecule has 2 aromatic carbocycles. The topological polar surface area (TPSA) is 30.9 Å². The molecule has 1 atom stereocenters. The van der Waals surface area contributed by atoms with Gasteiger partial charge >= 0.3 is 0 Å². The zero-order chi connectivity index (χ0) is 17.5. The van der Waals surface area contributed by atoms with Gasteiger partial charge in [0.05, 0.1) is 25.3 Å². The molecule has 4 nitrogen and oxygen atoms in total. The summed E-state index contributed by atoms with van der Waals surface area (Å²) in [5.41, 5.74) is 1.04. The Morgan fingerprint density at radius 1 is 1.04 bits per heavy atom. The van der Waals surface area contributed by atoms with Crippen molar-refractivity contribution in [3.63, 3.8) is 0 Å². The van der Waals surface area contributed by atoms with Crippen molar-refractivity contribution < 1.29 is 14.2 Å². The zero-order valence-electron chi connectivity index (χ0n) is 14.5. The van der Waals surface area contributed by atoms with Gasteiger partial charge in [0.2, 0.25) is 0 Å². The summed E-state index contributed by atoms with van der Waals surface area (Å²) in [7, 11) is 1.69. The third kappa shape index (κ3) is 4.88. The van der Waals surface area contributed by atoms with Crippen molar-refractivity contribution in [3.8, 4) is 11.5 Å². The predicted octanol–water partition coefficient (Wildman–Crippen LogP) is 4.19. The van der Waals surface area contributed by atoms with Gasteiger partial charge in [-0.1, -0.05) is 41.9 Å². The molecule has 0 spiro atoms. The first-order chi connectivity index (χ1) is 12.3. The Hall–Kier alpha value is -1.75. The molecule has 5 heteroatoms. The Morgan fingerprint density at radius 3 is 2.44 bits per heavy atom. The molecule has 1 aliphatic heterocycles. The highest BCUT2D eigenvalue weighted by atomic mass is 35.5. The average Bonchev–Trinajstić information content (AvgIpc) is 2.67. The molecule has 0 amide bonds. The molecule has 1 fully saturated rings. The second kappa shape index (κ2) is 9.09. The Labute approximate surface area is 154 Å². The van der Waals surface area contributed by atoms with Gasteiger partial charge in [-0.3, -0.25) is 4.90 Å². The van der Waals surface area contributed by atoms with E-state index in [1.165, 1.54) is 0 Å². The molecule has 25 heavy (non-hydrogen) atoms. The zero-order valence-corrected chi connectivity index (χ0v) is 15.2. The Morgan fingerprint density at radius 2 is 1.72 bits per heavy atom. The molecule has 0 bridgehead atoms. The van der Waals surface area contributed by atoms with E-state index < -0.39 is 0 Å². The van der Waals surface area contributed by atoms with E-state index in [4.69, 9.17) is 25.8 Å². The number of para-hydroxylation sites is 2. The monoisotopic (exact) mass is 361 g/mol. The van der Waals surface area contributed by atoms with Gasteiger partial charge < -0.3 is 14.2 Å². The molecular weight excluding hydrogens is 338 g/mol. The van der Waals surface area contributed by atoms with Crippen LogP contribution in [0.3, 0.4) is 0 Å². The minimum atomic E-state index is -0.126. The molecule has 1 heterocycles. The molecule has 0 N–H and O–H groups in total. The van der Waals surface area contributed by atoms with Crippen molar-refractivity contribution in [2.75, 3.05) is 40.0 Å². The van der Waals surface area contributed by atoms with Crippen molar-refractivity contribution in [1.82, 2.24) is 4.90 Å². The van der Waals surface area contributed by atoms with Gasteiger partial charge in [-0.05, 0) is 18.2 Å². The van der Waals surface area contributed by atoms with E-state index in [-0.39, 0.29) is 6.10 Å². The number of ether oxygens (including phenoxy) is 3. The standard InChI is InChI=1S/C20H24ClNO3/c1-23-18-8-4-2-6-16(18)19(10-11-22-12-14-24-15-13-22)25-20-9-5-3-7-17(20)21/h2-9,19H,10-15H2,1H3. The normalized spacial score (nSPS) is 16.4. The van der Waals surface area contributed by atoms with E-state index in [2.05, 4.69) is 11.0 Å². The Balaban J connectivity index is 1.78. The van der Waals surface area contributed by atoms with Gasteiger partial charge in [-0.15, -0.1) is 0 Å². The van der Waals surface area contributed by atoms with E-state index in [1.54, 1.807) is 7.11 Å². The summed E-state index contributed by atoms with van der Waals surface area (Å²) in [5.74, 6) is 1.53. The van der Waals surface area contributed by atoms with Gasteiger partial charge in [-0.2, -0.15) is 0 Å². The van der Waals surface area contributed by atoms with Gasteiger partial charge in [0.1, 0.15) is 17.6 Å². The molecule has 0 aliphatic carbocycles. The second-order valence-electron chi connectivity index (χ2n) is 6.02. The summed E-state index contributed by atoms with van der Waals surface area (Å²) in [5, 5.41) is 0.619. The molecule has 1 unspecified atom stereocenters. The van der Waals surface area contributed by atoms with Crippen LogP contribution in [0.2, 0.25) is 5.02 Å². The van der Waals surface area contributed by atoms with Crippen molar-refractivity contribution in [3.05, 3.63) is 59.1 Å². The first-order valence-electron chi connectivity index (χ1n) is 8.62. The number of halogens is 1. The minimum Gasteiger partial charge on any atom is -0.496 e. The van der Waals surface area contributed by atoms with Crippen LogP contribution in [0.5, 0.6) is 11.5 Å². The number of morpholine rings is 1. The molecule has 0 aromatic heterocycles. The summed E-state index contributed by atoms with van der Waals surface area (Å²) >= 11 is 6.30. The van der Waals surface area contributed by atoms with Crippen LogP contribution in [-0.2, 0) is 4.74 Å². The molecule has 134 valence electrons. The number of methoxy groups -OCH3 is 1. The summed E-state index contributed by atoms with van der Waals surface area (Å²) in [6.07, 6.45) is 0.727. The third-order valence-electron chi connectivity index (χ3n) is 4.40. The quantitative estimate of drug-likeness (QED) is 0.739. The van der Waals surface area contributed by atoms with Crippen molar-refractivity contribution >= 4 is 11.6 Å². The Bertz CT molecular complexity index is 673. The predicted molar refractivity (Wildman–Crippen MR) is 99.7 cm³/mol. The van der Waals surface area contributed by atoms with E-state index in [1.807, 2.05) is 42.5 Å². The summed E-state index contributed by atoms with van der Waals surface area (Å²) in [6.45, 7) is 4.46. The summed E-state index contributed by atoms with van der Waals surface area (Å²) in [6, 6.07) is 15.6. The van der Waals surface area contributed by atoms with Gasteiger partial charge in [0.15, 0.2) is 0 Å². The fourth-order valence-corrected chi connectivity index (χ4v) is 3.21.